The first-order valence-corrected chi connectivity index (χ1v) is 4.49. The lowest BCUT2D eigenvalue weighted by molar-refractivity contribution is 0.116. The number of nitrogens with one attached hydrogen (secondary N) is 1. The van der Waals surface area contributed by atoms with E-state index < -0.39 is 0 Å². The van der Waals surface area contributed by atoms with Crippen LogP contribution in [-0.4, -0.2) is 50.3 Å². The molecule has 0 radical (unpaired) electrons. The van der Waals surface area contributed by atoms with E-state index in [9.17, 15) is 0 Å². The predicted octanol–water partition coefficient (Wildman–Crippen LogP) is 0.524. The molecule has 80 valence electrons. The number of hydrogen-bond donors (Lipinski definition) is 1. The summed E-state index contributed by atoms with van der Waals surface area (Å²) < 4.78 is 5.38. The summed E-state index contributed by atoms with van der Waals surface area (Å²) in [5.74, 6) is 0. The van der Waals surface area contributed by atoms with Crippen LogP contribution >= 0.6 is 24.8 Å². The molecule has 2 fully saturated rings. The van der Waals surface area contributed by atoms with Crippen LogP contribution in [0.2, 0.25) is 0 Å². The molecule has 0 aliphatic carbocycles. The topological polar surface area (TPSA) is 24.5 Å². The van der Waals surface area contributed by atoms with Crippen LogP contribution in [0.1, 0.15) is 6.42 Å². The van der Waals surface area contributed by atoms with Gasteiger partial charge in [-0.25, -0.2) is 0 Å². The molecule has 0 atom stereocenters. The van der Waals surface area contributed by atoms with E-state index in [0.29, 0.717) is 0 Å². The average Bonchev–Trinajstić information content (AvgIpc) is 2.12. The van der Waals surface area contributed by atoms with Crippen molar-refractivity contribution in [3.8, 4) is 0 Å². The zero-order valence-corrected chi connectivity index (χ0v) is 9.33. The van der Waals surface area contributed by atoms with Gasteiger partial charge in [-0.3, -0.25) is 4.90 Å². The van der Waals surface area contributed by atoms with E-state index in [0.717, 1.165) is 25.8 Å². The molecule has 0 aromatic carbocycles. The van der Waals surface area contributed by atoms with Gasteiger partial charge in [0.05, 0.1) is 6.61 Å². The van der Waals surface area contributed by atoms with Gasteiger partial charge in [-0.15, -0.1) is 24.8 Å². The average molecular weight is 229 g/mol. The van der Waals surface area contributed by atoms with Crippen molar-refractivity contribution in [2.75, 3.05) is 39.4 Å². The second-order valence-electron chi connectivity index (χ2n) is 3.31. The van der Waals surface area contributed by atoms with Crippen molar-refractivity contribution in [2.45, 2.75) is 12.5 Å². The SMILES string of the molecule is C1COCCN(C2CNC2)C1.Cl.Cl. The third-order valence-electron chi connectivity index (χ3n) is 2.53. The van der Waals surface area contributed by atoms with Crippen LogP contribution in [0.15, 0.2) is 0 Å². The highest BCUT2D eigenvalue weighted by atomic mass is 35.5. The fraction of sp³-hybridized carbons (Fsp3) is 1.00. The Bertz CT molecular complexity index is 125. The Balaban J connectivity index is 0.000000720. The molecule has 0 amide bonds. The van der Waals surface area contributed by atoms with Crippen LogP contribution in [0.3, 0.4) is 0 Å². The second kappa shape index (κ2) is 6.85. The fourth-order valence-corrected chi connectivity index (χ4v) is 1.66. The molecule has 2 aliphatic rings. The van der Waals surface area contributed by atoms with Gasteiger partial charge in [0.2, 0.25) is 0 Å². The molecule has 0 unspecified atom stereocenters. The summed E-state index contributed by atoms with van der Waals surface area (Å²) in [7, 11) is 0. The Kier molecular flexibility index (Phi) is 7.09. The Hall–Kier alpha value is 0.460. The van der Waals surface area contributed by atoms with Crippen LogP contribution in [0.4, 0.5) is 0 Å². The van der Waals surface area contributed by atoms with Crippen LogP contribution < -0.4 is 5.32 Å². The normalized spacial score (nSPS) is 24.9. The van der Waals surface area contributed by atoms with Gasteiger partial charge in [0.25, 0.3) is 0 Å². The van der Waals surface area contributed by atoms with Gasteiger partial charge in [0.1, 0.15) is 0 Å². The Labute approximate surface area is 92.0 Å². The fourth-order valence-electron chi connectivity index (χ4n) is 1.66. The van der Waals surface area contributed by atoms with E-state index in [1.54, 1.807) is 0 Å². The smallest absolute Gasteiger partial charge is 0.0593 e. The number of rotatable bonds is 1. The van der Waals surface area contributed by atoms with Gasteiger partial charge in [-0.2, -0.15) is 0 Å². The molecule has 0 bridgehead atoms. The van der Waals surface area contributed by atoms with Crippen molar-refractivity contribution >= 4 is 24.8 Å². The van der Waals surface area contributed by atoms with E-state index in [1.807, 2.05) is 0 Å². The number of ether oxygens (including phenoxy) is 1. The summed E-state index contributed by atoms with van der Waals surface area (Å²) in [6.07, 6.45) is 1.20. The van der Waals surface area contributed by atoms with Gasteiger partial charge in [0.15, 0.2) is 0 Å². The Morgan fingerprint density at radius 2 is 1.85 bits per heavy atom. The van der Waals surface area contributed by atoms with Crippen molar-refractivity contribution < 1.29 is 4.74 Å². The van der Waals surface area contributed by atoms with Crippen molar-refractivity contribution in [1.29, 1.82) is 0 Å². The van der Waals surface area contributed by atoms with Gasteiger partial charge < -0.3 is 10.1 Å². The maximum Gasteiger partial charge on any atom is 0.0593 e. The maximum absolute atomic E-state index is 5.38. The van der Waals surface area contributed by atoms with E-state index in [2.05, 4.69) is 10.2 Å². The van der Waals surface area contributed by atoms with Crippen molar-refractivity contribution in [3.63, 3.8) is 0 Å². The van der Waals surface area contributed by atoms with E-state index in [4.69, 9.17) is 4.74 Å². The summed E-state index contributed by atoms with van der Waals surface area (Å²) in [6.45, 7) is 6.60. The van der Waals surface area contributed by atoms with Crippen LogP contribution in [0.5, 0.6) is 0 Å². The first kappa shape index (κ1) is 13.5. The minimum Gasteiger partial charge on any atom is -0.380 e. The molecule has 1 N–H and O–H groups in total. The highest BCUT2D eigenvalue weighted by Gasteiger charge is 2.24. The van der Waals surface area contributed by atoms with Gasteiger partial charge in [0, 0.05) is 38.8 Å². The lowest BCUT2D eigenvalue weighted by Gasteiger charge is -2.37. The molecule has 3 nitrogen and oxygen atoms in total. The second-order valence-corrected chi connectivity index (χ2v) is 3.31. The lowest BCUT2D eigenvalue weighted by Crippen LogP contribution is -2.57. The van der Waals surface area contributed by atoms with Crippen molar-refractivity contribution in [2.24, 2.45) is 0 Å². The highest BCUT2D eigenvalue weighted by molar-refractivity contribution is 5.85. The number of hydrogen-bond acceptors (Lipinski definition) is 3. The van der Waals surface area contributed by atoms with Crippen LogP contribution in [0.25, 0.3) is 0 Å². The van der Waals surface area contributed by atoms with Crippen LogP contribution in [0, 0.1) is 0 Å². The molecule has 13 heavy (non-hydrogen) atoms. The first-order chi connectivity index (χ1) is 5.47. The third kappa shape index (κ3) is 3.60. The zero-order valence-electron chi connectivity index (χ0n) is 7.70. The summed E-state index contributed by atoms with van der Waals surface area (Å²) in [5, 5.41) is 3.30. The molecular formula is C8H18Cl2N2O. The molecule has 2 heterocycles. The molecule has 0 saturated carbocycles. The maximum atomic E-state index is 5.38. The molecule has 0 spiro atoms. The molecule has 0 aromatic rings. The molecular weight excluding hydrogens is 211 g/mol. The Morgan fingerprint density at radius 1 is 1.08 bits per heavy atom. The van der Waals surface area contributed by atoms with Crippen LogP contribution in [-0.2, 0) is 4.74 Å². The first-order valence-electron chi connectivity index (χ1n) is 4.49. The molecule has 2 aliphatic heterocycles. The minimum atomic E-state index is 0. The van der Waals surface area contributed by atoms with E-state index >= 15 is 0 Å². The standard InChI is InChI=1S/C8H16N2O.2ClH/c1-2-10(3-5-11-4-1)8-6-9-7-8;;/h8-9H,1-7H2;2*1H. The number of halogens is 2. The summed E-state index contributed by atoms with van der Waals surface area (Å²) in [4.78, 5) is 2.55. The van der Waals surface area contributed by atoms with Crippen molar-refractivity contribution in [1.82, 2.24) is 10.2 Å². The Morgan fingerprint density at radius 3 is 2.46 bits per heavy atom. The molecule has 0 aromatic heterocycles. The zero-order chi connectivity index (χ0) is 7.52. The highest BCUT2D eigenvalue weighted by Crippen LogP contribution is 2.07. The quantitative estimate of drug-likeness (QED) is 0.709. The number of nitrogens with zero attached hydrogens (tertiary/aromatic N) is 1. The molecule has 5 heteroatoms. The van der Waals surface area contributed by atoms with E-state index in [-0.39, 0.29) is 24.8 Å². The predicted molar refractivity (Wildman–Crippen MR) is 58.2 cm³/mol. The molecule has 2 saturated heterocycles. The van der Waals surface area contributed by atoms with Crippen molar-refractivity contribution in [3.05, 3.63) is 0 Å². The summed E-state index contributed by atoms with van der Waals surface area (Å²) in [5.41, 5.74) is 0. The minimum absolute atomic E-state index is 0. The summed E-state index contributed by atoms with van der Waals surface area (Å²) >= 11 is 0. The summed E-state index contributed by atoms with van der Waals surface area (Å²) in [6, 6.07) is 0.802. The van der Waals surface area contributed by atoms with E-state index in [1.165, 1.54) is 26.1 Å². The monoisotopic (exact) mass is 228 g/mol. The van der Waals surface area contributed by atoms with Gasteiger partial charge in [-0.1, -0.05) is 0 Å². The largest absolute Gasteiger partial charge is 0.380 e. The third-order valence-corrected chi connectivity index (χ3v) is 2.53. The lowest BCUT2D eigenvalue weighted by atomic mass is 10.1. The van der Waals surface area contributed by atoms with Gasteiger partial charge >= 0.3 is 0 Å². The van der Waals surface area contributed by atoms with Gasteiger partial charge in [-0.05, 0) is 6.42 Å². The molecule has 2 rings (SSSR count).